The van der Waals surface area contributed by atoms with E-state index in [0.717, 1.165) is 35.3 Å². The van der Waals surface area contributed by atoms with Crippen LogP contribution in [0.1, 0.15) is 35.6 Å². The molecule has 0 radical (unpaired) electrons. The van der Waals surface area contributed by atoms with E-state index in [1.54, 1.807) is 32.0 Å². The maximum Gasteiger partial charge on any atom is 0.224 e. The molecule has 0 aromatic heterocycles. The minimum Gasteiger partial charge on any atom is -0.497 e. The maximum absolute atomic E-state index is 13.4. The minimum atomic E-state index is -0.322. The average Bonchev–Trinajstić information content (AvgIpc) is 3.24. The highest BCUT2D eigenvalue weighted by Crippen LogP contribution is 2.44. The summed E-state index contributed by atoms with van der Waals surface area (Å²) in [4.78, 5) is 15.3. The Bertz CT molecular complexity index is 949. The predicted molar refractivity (Wildman–Crippen MR) is 123 cm³/mol. The summed E-state index contributed by atoms with van der Waals surface area (Å²) in [6, 6.07) is 9.02. The number of methoxy groups -OCH3 is 2. The molecule has 2 aliphatic rings. The number of ether oxygens (including phenoxy) is 2. The first-order valence-corrected chi connectivity index (χ1v) is 11.5. The Hall–Kier alpha value is -1.82. The number of benzene rings is 2. The Morgan fingerprint density at radius 3 is 2.53 bits per heavy atom. The third-order valence-corrected chi connectivity index (χ3v) is 7.08. The Morgan fingerprint density at radius 2 is 1.90 bits per heavy atom. The van der Waals surface area contributed by atoms with E-state index < -0.39 is 0 Å². The van der Waals surface area contributed by atoms with Crippen LogP contribution in [0.4, 0.5) is 0 Å². The van der Waals surface area contributed by atoms with Crippen LogP contribution in [0.3, 0.4) is 0 Å². The molecule has 2 heterocycles. The molecule has 158 valence electrons. The second kappa shape index (κ2) is 9.13. The van der Waals surface area contributed by atoms with Crippen molar-refractivity contribution in [2.75, 3.05) is 20.8 Å². The summed E-state index contributed by atoms with van der Waals surface area (Å²) < 4.78 is 11.2. The van der Waals surface area contributed by atoms with Gasteiger partial charge in [-0.1, -0.05) is 29.3 Å². The number of hydrogen-bond donors (Lipinski definition) is 0. The average molecular weight is 464 g/mol. The molecule has 2 aromatic carbocycles. The van der Waals surface area contributed by atoms with Gasteiger partial charge in [-0.2, -0.15) is 0 Å². The van der Waals surface area contributed by atoms with E-state index in [2.05, 4.69) is 11.5 Å². The molecular weight excluding hydrogens is 441 g/mol. The van der Waals surface area contributed by atoms with Crippen molar-refractivity contribution in [1.29, 1.82) is 0 Å². The Morgan fingerprint density at radius 1 is 1.13 bits per heavy atom. The molecule has 30 heavy (non-hydrogen) atoms. The first kappa shape index (κ1) is 21.4. The summed E-state index contributed by atoms with van der Waals surface area (Å²) in [6.45, 7) is 0.613. The van der Waals surface area contributed by atoms with Gasteiger partial charge in [0, 0.05) is 39.9 Å². The summed E-state index contributed by atoms with van der Waals surface area (Å²) in [5.74, 6) is 1.56. The topological polar surface area (TPSA) is 38.8 Å². The van der Waals surface area contributed by atoms with Gasteiger partial charge in [-0.25, -0.2) is 0 Å². The van der Waals surface area contributed by atoms with E-state index in [9.17, 15) is 4.79 Å². The van der Waals surface area contributed by atoms with Gasteiger partial charge in [0.2, 0.25) is 5.91 Å². The Labute approximate surface area is 191 Å². The van der Waals surface area contributed by atoms with Gasteiger partial charge in [0.25, 0.3) is 0 Å². The largest absolute Gasteiger partial charge is 0.497 e. The van der Waals surface area contributed by atoms with Crippen LogP contribution in [0.25, 0.3) is 0 Å². The molecule has 2 unspecified atom stereocenters. The highest BCUT2D eigenvalue weighted by atomic mass is 35.5. The Balaban J connectivity index is 1.80. The lowest BCUT2D eigenvalue weighted by Gasteiger charge is -2.39. The van der Waals surface area contributed by atoms with Gasteiger partial charge in [-0.15, -0.1) is 11.8 Å². The van der Waals surface area contributed by atoms with Crippen molar-refractivity contribution in [2.24, 2.45) is 0 Å². The summed E-state index contributed by atoms with van der Waals surface area (Å²) in [6.07, 6.45) is 4.28. The first-order chi connectivity index (χ1) is 14.5. The third-order valence-electron chi connectivity index (χ3n) is 5.55. The van der Waals surface area contributed by atoms with Gasteiger partial charge in [0.1, 0.15) is 11.5 Å². The maximum atomic E-state index is 13.4. The van der Waals surface area contributed by atoms with Crippen molar-refractivity contribution in [3.63, 3.8) is 0 Å². The van der Waals surface area contributed by atoms with Crippen molar-refractivity contribution in [1.82, 2.24) is 4.90 Å². The van der Waals surface area contributed by atoms with Gasteiger partial charge in [-0.05, 0) is 53.6 Å². The zero-order chi connectivity index (χ0) is 21.3. The van der Waals surface area contributed by atoms with Crippen molar-refractivity contribution >= 4 is 40.9 Å². The standard InChI is InChI=1S/C23H23Cl2NO3S/c1-28-18-10-14-5-6-26(21(27)13-19-4-3-7-30-19)23(22(14)20(12-18)29-2)15-8-16(24)11-17(25)9-15/h3,7-12,19,23H,4-6,13H2,1-2H3. The number of fused-ring (bicyclic) bond motifs is 1. The first-order valence-electron chi connectivity index (χ1n) is 9.81. The van der Waals surface area contributed by atoms with E-state index in [-0.39, 0.29) is 11.9 Å². The van der Waals surface area contributed by atoms with Crippen LogP contribution in [-0.2, 0) is 11.2 Å². The molecule has 0 spiro atoms. The SMILES string of the molecule is COc1cc2c(c(OC)c1)C(c1cc(Cl)cc(Cl)c1)N(C(=O)CC1CC=CS1)CC2. The fourth-order valence-electron chi connectivity index (χ4n) is 4.21. The van der Waals surface area contributed by atoms with Crippen LogP contribution in [0.5, 0.6) is 11.5 Å². The van der Waals surface area contributed by atoms with E-state index in [0.29, 0.717) is 34.0 Å². The molecule has 2 aromatic rings. The van der Waals surface area contributed by atoms with Crippen molar-refractivity contribution in [3.05, 3.63) is 68.6 Å². The molecule has 2 atom stereocenters. The lowest BCUT2D eigenvalue weighted by atomic mass is 9.86. The van der Waals surface area contributed by atoms with E-state index >= 15 is 0 Å². The number of carbonyl (C=O) groups is 1. The van der Waals surface area contributed by atoms with E-state index in [1.165, 1.54) is 0 Å². The van der Waals surface area contributed by atoms with Gasteiger partial charge in [0.05, 0.1) is 20.3 Å². The Kier molecular flexibility index (Phi) is 6.51. The van der Waals surface area contributed by atoms with Gasteiger partial charge in [-0.3, -0.25) is 4.79 Å². The molecule has 2 aliphatic heterocycles. The van der Waals surface area contributed by atoms with Crippen molar-refractivity contribution < 1.29 is 14.3 Å². The zero-order valence-electron chi connectivity index (χ0n) is 16.9. The molecule has 1 amide bonds. The quantitative estimate of drug-likeness (QED) is 0.553. The molecule has 0 aliphatic carbocycles. The molecule has 0 saturated carbocycles. The summed E-state index contributed by atoms with van der Waals surface area (Å²) in [7, 11) is 3.28. The molecule has 0 saturated heterocycles. The number of nitrogens with zero attached hydrogens (tertiary/aromatic N) is 1. The zero-order valence-corrected chi connectivity index (χ0v) is 19.2. The van der Waals surface area contributed by atoms with Gasteiger partial charge in [0.15, 0.2) is 0 Å². The van der Waals surface area contributed by atoms with Crippen LogP contribution >= 0.6 is 35.0 Å². The second-order valence-electron chi connectivity index (χ2n) is 7.41. The normalized spacial score (nSPS) is 20.2. The number of hydrogen-bond acceptors (Lipinski definition) is 4. The molecule has 7 heteroatoms. The molecule has 0 fully saturated rings. The molecule has 4 nitrogen and oxygen atoms in total. The van der Waals surface area contributed by atoms with Gasteiger partial charge < -0.3 is 14.4 Å². The highest BCUT2D eigenvalue weighted by Gasteiger charge is 2.36. The van der Waals surface area contributed by atoms with E-state index in [1.807, 2.05) is 29.2 Å². The third kappa shape index (κ3) is 4.29. The number of thioether (sulfide) groups is 1. The minimum absolute atomic E-state index is 0.126. The molecule has 4 rings (SSSR count). The predicted octanol–water partition coefficient (Wildman–Crippen LogP) is 5.89. The van der Waals surface area contributed by atoms with Crippen molar-refractivity contribution in [3.8, 4) is 11.5 Å². The second-order valence-corrected chi connectivity index (χ2v) is 9.50. The smallest absolute Gasteiger partial charge is 0.224 e. The van der Waals surface area contributed by atoms with Gasteiger partial charge >= 0.3 is 0 Å². The van der Waals surface area contributed by atoms with Crippen molar-refractivity contribution in [2.45, 2.75) is 30.6 Å². The summed E-state index contributed by atoms with van der Waals surface area (Å²) in [5, 5.41) is 3.45. The monoisotopic (exact) mass is 463 g/mol. The fourth-order valence-corrected chi connectivity index (χ4v) is 5.66. The number of rotatable bonds is 5. The lowest BCUT2D eigenvalue weighted by Crippen LogP contribution is -2.41. The molecular formula is C23H23Cl2NO3S. The fraction of sp³-hybridized carbons (Fsp3) is 0.348. The van der Waals surface area contributed by atoms with Crippen LogP contribution in [-0.4, -0.2) is 36.8 Å². The van der Waals surface area contributed by atoms with Crippen LogP contribution in [0.2, 0.25) is 10.0 Å². The molecule has 0 N–H and O–H groups in total. The lowest BCUT2D eigenvalue weighted by molar-refractivity contribution is -0.133. The van der Waals surface area contributed by atoms with Crippen LogP contribution < -0.4 is 9.47 Å². The van der Waals surface area contributed by atoms with Crippen LogP contribution in [0.15, 0.2) is 41.8 Å². The molecule has 0 bridgehead atoms. The number of amides is 1. The summed E-state index contributed by atoms with van der Waals surface area (Å²) >= 11 is 14.4. The number of carbonyl (C=O) groups excluding carboxylic acids is 1. The van der Waals surface area contributed by atoms with E-state index in [4.69, 9.17) is 32.7 Å². The highest BCUT2D eigenvalue weighted by molar-refractivity contribution is 8.03. The van der Waals surface area contributed by atoms with Crippen LogP contribution in [0, 0.1) is 0 Å². The number of allylic oxidation sites excluding steroid dienone is 1. The number of halogens is 2. The summed E-state index contributed by atoms with van der Waals surface area (Å²) in [5.41, 5.74) is 2.95.